The van der Waals surface area contributed by atoms with E-state index in [1.165, 1.54) is 0 Å². The Labute approximate surface area is 116 Å². The molecule has 1 fully saturated rings. The van der Waals surface area contributed by atoms with Gasteiger partial charge in [-0.05, 0) is 18.6 Å². The molecule has 0 bridgehead atoms. The van der Waals surface area contributed by atoms with Crippen LogP contribution in [0.3, 0.4) is 0 Å². The van der Waals surface area contributed by atoms with Crippen LogP contribution < -0.4 is 14.8 Å². The Morgan fingerprint density at radius 2 is 2.05 bits per heavy atom. The zero-order chi connectivity index (χ0) is 14.7. The van der Waals surface area contributed by atoms with Crippen molar-refractivity contribution in [2.75, 3.05) is 14.2 Å². The number of hydrogen-bond donors (Lipinski definition) is 2. The van der Waals surface area contributed by atoms with E-state index >= 15 is 0 Å². The van der Waals surface area contributed by atoms with Crippen molar-refractivity contribution in [3.63, 3.8) is 0 Å². The van der Waals surface area contributed by atoms with Crippen LogP contribution >= 0.6 is 0 Å². The highest BCUT2D eigenvalue weighted by Gasteiger charge is 2.48. The summed E-state index contributed by atoms with van der Waals surface area (Å²) >= 11 is 0. The summed E-state index contributed by atoms with van der Waals surface area (Å²) in [6.07, 6.45) is 0.418. The summed E-state index contributed by atoms with van der Waals surface area (Å²) in [5.41, 5.74) is 0.814. The second-order valence-corrected chi connectivity index (χ2v) is 4.68. The Morgan fingerprint density at radius 3 is 2.60 bits per heavy atom. The first kappa shape index (κ1) is 14.2. The van der Waals surface area contributed by atoms with Crippen LogP contribution in [0.15, 0.2) is 18.2 Å². The number of amides is 1. The highest BCUT2D eigenvalue weighted by atomic mass is 16.5. The summed E-state index contributed by atoms with van der Waals surface area (Å²) in [7, 11) is 3.11. The molecular formula is C14H17NO5. The lowest BCUT2D eigenvalue weighted by molar-refractivity contribution is -0.140. The number of hydrogen-bond acceptors (Lipinski definition) is 4. The number of carbonyl (C=O) groups excluding carboxylic acids is 1. The molecule has 1 amide bonds. The van der Waals surface area contributed by atoms with Crippen LogP contribution in [0.25, 0.3) is 0 Å². The Hall–Kier alpha value is -2.24. The highest BCUT2D eigenvalue weighted by Crippen LogP contribution is 2.38. The Balaban J connectivity index is 1.94. The molecule has 0 unspecified atom stereocenters. The SMILES string of the molecule is COc1ccc(CNC(=O)[C@@H]2C[C@@H]2C(=O)O)c(OC)c1. The number of methoxy groups -OCH3 is 2. The molecule has 6 heteroatoms. The molecule has 2 atom stereocenters. The Kier molecular flexibility index (Phi) is 4.12. The molecule has 0 aromatic heterocycles. The van der Waals surface area contributed by atoms with Crippen LogP contribution in [0.1, 0.15) is 12.0 Å². The Morgan fingerprint density at radius 1 is 1.30 bits per heavy atom. The summed E-state index contributed by atoms with van der Waals surface area (Å²) in [6.45, 7) is 0.300. The van der Waals surface area contributed by atoms with Gasteiger partial charge in [0.25, 0.3) is 0 Å². The molecule has 1 aliphatic carbocycles. The van der Waals surface area contributed by atoms with Gasteiger partial charge in [-0.25, -0.2) is 0 Å². The molecule has 6 nitrogen and oxygen atoms in total. The van der Waals surface area contributed by atoms with Gasteiger partial charge in [-0.2, -0.15) is 0 Å². The first-order valence-corrected chi connectivity index (χ1v) is 6.28. The van der Waals surface area contributed by atoms with Crippen LogP contribution in [-0.2, 0) is 16.1 Å². The maximum Gasteiger partial charge on any atom is 0.307 e. The van der Waals surface area contributed by atoms with E-state index in [0.29, 0.717) is 24.5 Å². The van der Waals surface area contributed by atoms with Gasteiger partial charge >= 0.3 is 5.97 Å². The van der Waals surface area contributed by atoms with E-state index < -0.39 is 17.8 Å². The lowest BCUT2D eigenvalue weighted by atomic mass is 10.2. The molecule has 0 heterocycles. The molecule has 0 saturated heterocycles. The third-order valence-electron chi connectivity index (χ3n) is 3.39. The van der Waals surface area contributed by atoms with Crippen molar-refractivity contribution >= 4 is 11.9 Å². The van der Waals surface area contributed by atoms with Crippen LogP contribution in [0, 0.1) is 11.8 Å². The maximum absolute atomic E-state index is 11.8. The monoisotopic (exact) mass is 279 g/mol. The van der Waals surface area contributed by atoms with Crippen LogP contribution in [0.4, 0.5) is 0 Å². The van der Waals surface area contributed by atoms with Gasteiger partial charge in [0.2, 0.25) is 5.91 Å². The topological polar surface area (TPSA) is 84.9 Å². The molecule has 108 valence electrons. The summed E-state index contributed by atoms with van der Waals surface area (Å²) < 4.78 is 10.3. The normalized spacial score (nSPS) is 20.1. The first-order chi connectivity index (χ1) is 9.56. The van der Waals surface area contributed by atoms with E-state index in [-0.39, 0.29) is 5.91 Å². The summed E-state index contributed by atoms with van der Waals surface area (Å²) in [4.78, 5) is 22.5. The zero-order valence-electron chi connectivity index (χ0n) is 11.4. The second-order valence-electron chi connectivity index (χ2n) is 4.68. The van der Waals surface area contributed by atoms with Gasteiger partial charge in [0.1, 0.15) is 11.5 Å². The molecule has 2 N–H and O–H groups in total. The average molecular weight is 279 g/mol. The second kappa shape index (κ2) is 5.81. The van der Waals surface area contributed by atoms with Gasteiger partial charge in [-0.3, -0.25) is 9.59 Å². The molecule has 0 radical (unpaired) electrons. The van der Waals surface area contributed by atoms with Gasteiger partial charge < -0.3 is 19.9 Å². The third-order valence-corrected chi connectivity index (χ3v) is 3.39. The van der Waals surface area contributed by atoms with E-state index in [0.717, 1.165) is 5.56 Å². The minimum Gasteiger partial charge on any atom is -0.497 e. The molecule has 1 aromatic carbocycles. The van der Waals surface area contributed by atoms with E-state index in [1.54, 1.807) is 32.4 Å². The van der Waals surface area contributed by atoms with Gasteiger partial charge in [-0.15, -0.1) is 0 Å². The van der Waals surface area contributed by atoms with Crippen molar-refractivity contribution in [2.45, 2.75) is 13.0 Å². The first-order valence-electron chi connectivity index (χ1n) is 6.28. The van der Waals surface area contributed by atoms with E-state index in [2.05, 4.69) is 5.32 Å². The van der Waals surface area contributed by atoms with E-state index in [9.17, 15) is 9.59 Å². The van der Waals surface area contributed by atoms with Crippen molar-refractivity contribution in [1.29, 1.82) is 0 Å². The number of rotatable bonds is 6. The van der Waals surface area contributed by atoms with Crippen molar-refractivity contribution < 1.29 is 24.2 Å². The summed E-state index contributed by atoms with van der Waals surface area (Å²) in [6, 6.07) is 5.32. The summed E-state index contributed by atoms with van der Waals surface area (Å²) in [5, 5.41) is 11.5. The molecule has 2 rings (SSSR count). The molecule has 1 saturated carbocycles. The average Bonchev–Trinajstić information content (AvgIpc) is 3.25. The maximum atomic E-state index is 11.8. The quantitative estimate of drug-likeness (QED) is 0.812. The third kappa shape index (κ3) is 3.01. The van der Waals surface area contributed by atoms with Gasteiger partial charge in [0.15, 0.2) is 0 Å². The van der Waals surface area contributed by atoms with Gasteiger partial charge in [0.05, 0.1) is 26.1 Å². The lowest BCUT2D eigenvalue weighted by Gasteiger charge is -2.11. The molecule has 1 aromatic rings. The smallest absolute Gasteiger partial charge is 0.307 e. The van der Waals surface area contributed by atoms with E-state index in [4.69, 9.17) is 14.6 Å². The van der Waals surface area contributed by atoms with Crippen LogP contribution in [0.2, 0.25) is 0 Å². The summed E-state index contributed by atoms with van der Waals surface area (Å²) in [5.74, 6) is -0.785. The number of nitrogens with one attached hydrogen (secondary N) is 1. The molecule has 0 aliphatic heterocycles. The van der Waals surface area contributed by atoms with E-state index in [1.807, 2.05) is 0 Å². The fourth-order valence-electron chi connectivity index (χ4n) is 2.07. The molecule has 1 aliphatic rings. The number of carboxylic acid groups (broad SMARTS) is 1. The minimum absolute atomic E-state index is 0.227. The van der Waals surface area contributed by atoms with Crippen LogP contribution in [0.5, 0.6) is 11.5 Å². The van der Waals surface area contributed by atoms with Crippen molar-refractivity contribution in [1.82, 2.24) is 5.32 Å². The van der Waals surface area contributed by atoms with Gasteiger partial charge in [-0.1, -0.05) is 0 Å². The van der Waals surface area contributed by atoms with Crippen LogP contribution in [-0.4, -0.2) is 31.2 Å². The number of carbonyl (C=O) groups is 2. The Bertz CT molecular complexity index is 528. The molecular weight excluding hydrogens is 262 g/mol. The largest absolute Gasteiger partial charge is 0.497 e. The van der Waals surface area contributed by atoms with Crippen molar-refractivity contribution in [3.8, 4) is 11.5 Å². The number of ether oxygens (including phenoxy) is 2. The standard InChI is InChI=1S/C14H17NO5/c1-19-9-4-3-8(12(5-9)20-2)7-15-13(16)10-6-11(10)14(17)18/h3-5,10-11H,6-7H2,1-2H3,(H,15,16)(H,17,18)/t10-,11+/m1/s1. The predicted molar refractivity (Wildman–Crippen MR) is 70.6 cm³/mol. The fourth-order valence-corrected chi connectivity index (χ4v) is 2.07. The number of benzene rings is 1. The van der Waals surface area contributed by atoms with Crippen molar-refractivity contribution in [2.24, 2.45) is 11.8 Å². The zero-order valence-corrected chi connectivity index (χ0v) is 11.4. The molecule has 20 heavy (non-hydrogen) atoms. The number of aliphatic carboxylic acids is 1. The van der Waals surface area contributed by atoms with Crippen molar-refractivity contribution in [3.05, 3.63) is 23.8 Å². The predicted octanol–water partition coefficient (Wildman–Crippen LogP) is 1.04. The lowest BCUT2D eigenvalue weighted by Crippen LogP contribution is -2.26. The van der Waals surface area contributed by atoms with Gasteiger partial charge in [0, 0.05) is 18.2 Å². The minimum atomic E-state index is -0.910. The number of carboxylic acids is 1. The highest BCUT2D eigenvalue weighted by molar-refractivity contribution is 5.89. The fraction of sp³-hybridized carbons (Fsp3) is 0.429. The molecule has 0 spiro atoms.